The molecule has 0 fully saturated rings. The van der Waals surface area contributed by atoms with E-state index in [0.717, 1.165) is 12.5 Å². The van der Waals surface area contributed by atoms with Crippen molar-refractivity contribution in [3.8, 4) is 11.1 Å². The molecule has 0 saturated heterocycles. The number of benzene rings is 2. The first kappa shape index (κ1) is 19.0. The fraction of sp³-hybridized carbons (Fsp3) is 0.222. The number of hydrogen-bond acceptors (Lipinski definition) is 6. The third kappa shape index (κ3) is 3.04. The Kier molecular flexibility index (Phi) is 5.03. The zero-order valence-electron chi connectivity index (χ0n) is 15.1. The summed E-state index contributed by atoms with van der Waals surface area (Å²) in [6.07, 6.45) is 2.17. The Bertz CT molecular complexity index is 1030. The van der Waals surface area contributed by atoms with E-state index in [1.54, 1.807) is 12.1 Å². The molecule has 2 aromatic rings. The topological polar surface area (TPSA) is 122 Å². The Morgan fingerprint density at radius 1 is 1.11 bits per heavy atom. The molecule has 0 amide bonds. The van der Waals surface area contributed by atoms with Crippen LogP contribution in [0.3, 0.4) is 0 Å². The van der Waals surface area contributed by atoms with Gasteiger partial charge >= 0.3 is 11.4 Å². The van der Waals surface area contributed by atoms with E-state index in [4.69, 9.17) is 9.57 Å². The van der Waals surface area contributed by atoms with Crippen LogP contribution >= 0.6 is 0 Å². The molecule has 0 atom stereocenters. The van der Waals surface area contributed by atoms with Crippen LogP contribution in [-0.2, 0) is 9.57 Å². The number of nitro benzene ring substituents is 1. The van der Waals surface area contributed by atoms with Gasteiger partial charge in [0.1, 0.15) is 0 Å². The number of hydrogen-bond donors (Lipinski definition) is 1. The highest BCUT2D eigenvalue weighted by atomic mass is 16.8. The Labute approximate surface area is 158 Å². The molecule has 0 spiro atoms. The molecule has 3 rings (SSSR count). The van der Waals surface area contributed by atoms with E-state index in [1.807, 2.05) is 6.92 Å². The molecule has 10 heteroatoms. The number of non-ortho nitro benzene ring substituents is 1. The number of fused-ring (bicyclic) bond motifs is 3. The van der Waals surface area contributed by atoms with Crippen molar-refractivity contribution in [2.24, 2.45) is 0 Å². The molecule has 0 bridgehead atoms. The van der Waals surface area contributed by atoms with Crippen molar-refractivity contribution in [1.29, 1.82) is 0 Å². The van der Waals surface area contributed by atoms with E-state index < -0.39 is 9.85 Å². The molecule has 2 aromatic carbocycles. The van der Waals surface area contributed by atoms with Gasteiger partial charge in [-0.1, -0.05) is 19.1 Å². The molecule has 0 radical (unpaired) electrons. The molecule has 1 N–H and O–H groups in total. The molecule has 0 saturated carbocycles. The largest absolute Gasteiger partial charge is 0.501 e. The van der Waals surface area contributed by atoms with Crippen molar-refractivity contribution in [3.05, 3.63) is 67.6 Å². The number of nitrogens with zero attached hydrogens (tertiary/aromatic N) is 3. The summed E-state index contributed by atoms with van der Waals surface area (Å²) < 4.78 is 5.50. The molecule has 28 heavy (non-hydrogen) atoms. The summed E-state index contributed by atoms with van der Waals surface area (Å²) >= 11 is 0. The van der Waals surface area contributed by atoms with Gasteiger partial charge in [0.05, 0.1) is 44.8 Å². The normalized spacial score (nSPS) is 13.0. The molecule has 0 aromatic heterocycles. The Morgan fingerprint density at radius 3 is 2.43 bits per heavy atom. The second-order valence-electron chi connectivity index (χ2n) is 5.96. The summed E-state index contributed by atoms with van der Waals surface area (Å²) in [5, 5.41) is 20.9. The maximum absolute atomic E-state index is 12.2. The maximum Gasteiger partial charge on any atom is 0.332 e. The lowest BCUT2D eigenvalue weighted by Crippen LogP contribution is -2.02. The summed E-state index contributed by atoms with van der Waals surface area (Å²) in [5.41, 5.74) is 1.09. The van der Waals surface area contributed by atoms with Crippen molar-refractivity contribution in [1.82, 2.24) is 0 Å². The van der Waals surface area contributed by atoms with E-state index in [2.05, 4.69) is 0 Å². The second kappa shape index (κ2) is 7.43. The minimum atomic E-state index is -0.670. The van der Waals surface area contributed by atoms with Crippen LogP contribution in [0.15, 0.2) is 36.6 Å². The first-order valence-electron chi connectivity index (χ1n) is 8.36. The average molecular weight is 387 g/mol. The zero-order valence-corrected chi connectivity index (χ0v) is 15.1. The third-order valence-electron chi connectivity index (χ3n) is 4.28. The lowest BCUT2D eigenvalue weighted by atomic mass is 10.0. The summed E-state index contributed by atoms with van der Waals surface area (Å²) in [7, 11) is 1.19. The van der Waals surface area contributed by atoms with Crippen LogP contribution in [0.1, 0.15) is 24.5 Å². The van der Waals surface area contributed by atoms with Crippen LogP contribution in [0.25, 0.3) is 16.7 Å². The van der Waals surface area contributed by atoms with E-state index in [0.29, 0.717) is 28.9 Å². The van der Waals surface area contributed by atoms with Gasteiger partial charge in [-0.2, -0.15) is 0 Å². The lowest BCUT2D eigenvalue weighted by Gasteiger charge is -2.04. The quantitative estimate of drug-likeness (QED) is 0.279. The minimum Gasteiger partial charge on any atom is -0.501 e. The summed E-state index contributed by atoms with van der Waals surface area (Å²) in [6.45, 7) is 2.33. The van der Waals surface area contributed by atoms with E-state index in [1.165, 1.54) is 25.5 Å². The van der Waals surface area contributed by atoms with E-state index >= 15 is 0 Å². The zero-order chi connectivity index (χ0) is 20.4. The van der Waals surface area contributed by atoms with Crippen molar-refractivity contribution in [2.75, 3.05) is 13.7 Å². The summed E-state index contributed by atoms with van der Waals surface area (Å²) in [6, 6.07) is 7.00. The highest BCUT2D eigenvalue weighted by Gasteiger charge is 2.41. The van der Waals surface area contributed by atoms with E-state index in [-0.39, 0.29) is 27.5 Å². The molecule has 0 unspecified atom stereocenters. The Morgan fingerprint density at radius 2 is 1.82 bits per heavy atom. The van der Waals surface area contributed by atoms with Gasteiger partial charge in [-0.15, -0.1) is 0 Å². The molecule has 1 aliphatic carbocycles. The number of nitro groups is 1. The molecular weight excluding hydrogens is 370 g/mol. The maximum atomic E-state index is 12.2. The summed E-state index contributed by atoms with van der Waals surface area (Å²) in [4.78, 5) is 39.2. The van der Waals surface area contributed by atoms with Crippen LogP contribution in [0.5, 0.6) is 0 Å². The van der Waals surface area contributed by atoms with Crippen molar-refractivity contribution in [3.63, 3.8) is 0 Å². The predicted molar refractivity (Wildman–Crippen MR) is 97.2 cm³/mol. The average Bonchev–Trinajstić information content (AvgIpc) is 3.00. The molecule has 0 heterocycles. The van der Waals surface area contributed by atoms with Gasteiger partial charge in [0.25, 0.3) is 15.5 Å². The van der Waals surface area contributed by atoms with Gasteiger partial charge in [0, 0.05) is 28.8 Å². The highest BCUT2D eigenvalue weighted by molar-refractivity contribution is 6.07. The Balaban J connectivity index is 2.40. The van der Waals surface area contributed by atoms with Crippen molar-refractivity contribution >= 4 is 22.6 Å². The van der Waals surface area contributed by atoms with Gasteiger partial charge in [0.2, 0.25) is 0 Å². The first-order chi connectivity index (χ1) is 13.4. The van der Waals surface area contributed by atoms with Gasteiger partial charge in [-0.25, -0.2) is 10.0 Å². The van der Waals surface area contributed by atoms with Gasteiger partial charge in [-0.05, 0) is 6.42 Å². The van der Waals surface area contributed by atoms with Gasteiger partial charge in [0.15, 0.2) is 7.11 Å². The molecule has 0 aliphatic heterocycles. The second-order valence-corrected chi connectivity index (χ2v) is 5.96. The predicted octanol–water partition coefficient (Wildman–Crippen LogP) is 4.16. The first-order valence-corrected chi connectivity index (χ1v) is 8.36. The monoisotopic (exact) mass is 387 g/mol. The van der Waals surface area contributed by atoms with Crippen LogP contribution < -0.4 is 0 Å². The molecular formula is C18H17N3O7+2. The van der Waals surface area contributed by atoms with Crippen LogP contribution in [0.4, 0.5) is 17.1 Å². The number of ether oxygens (including phenoxy) is 1. The highest BCUT2D eigenvalue weighted by Crippen LogP contribution is 2.53. The molecule has 10 nitrogen and oxygen atoms in total. The van der Waals surface area contributed by atoms with Crippen LogP contribution in [0, 0.1) is 19.9 Å². The SMILES string of the molecule is CCCO/C=C1\c2cc([N+](=O)[O-])cc([N+](=O)O)c2-c2c1cccc2[N+](=O)OC. The molecule has 1 aliphatic rings. The fourth-order valence-electron chi connectivity index (χ4n) is 3.15. The summed E-state index contributed by atoms with van der Waals surface area (Å²) in [5.74, 6) is 0. The van der Waals surface area contributed by atoms with Crippen molar-refractivity contribution in [2.45, 2.75) is 13.3 Å². The van der Waals surface area contributed by atoms with Crippen LogP contribution in [0.2, 0.25) is 0 Å². The van der Waals surface area contributed by atoms with E-state index in [9.17, 15) is 25.1 Å². The molecule has 144 valence electrons. The smallest absolute Gasteiger partial charge is 0.332 e. The van der Waals surface area contributed by atoms with Crippen molar-refractivity contribution < 1.29 is 29.6 Å². The standard InChI is InChI=1S/C18H17N3O7/c1-3-7-28-10-14-12-5-4-6-15(21(26)27-2)17(12)18-13(14)8-11(19(22)23)9-16(18)20(24)25/h4-6,8-10H,3,7H2,1-2H3,(H,24,25)/q+2/b14-10-. The lowest BCUT2D eigenvalue weighted by molar-refractivity contribution is -0.736. The van der Waals surface area contributed by atoms with Crippen LogP contribution in [-0.4, -0.2) is 33.7 Å². The minimum absolute atomic E-state index is 0.0806. The fourth-order valence-corrected chi connectivity index (χ4v) is 3.15. The van der Waals surface area contributed by atoms with Gasteiger partial charge in [-0.3, -0.25) is 10.1 Å². The number of rotatable bonds is 7. The third-order valence-corrected chi connectivity index (χ3v) is 4.28. The van der Waals surface area contributed by atoms with Gasteiger partial charge < -0.3 is 4.74 Å². The Hall–Kier alpha value is -3.82.